The van der Waals surface area contributed by atoms with Gasteiger partial charge in [-0.1, -0.05) is 54.6 Å². The van der Waals surface area contributed by atoms with Crippen LogP contribution in [0.5, 0.6) is 5.75 Å². The highest BCUT2D eigenvalue weighted by molar-refractivity contribution is 6.12. The summed E-state index contributed by atoms with van der Waals surface area (Å²) >= 11 is 0. The summed E-state index contributed by atoms with van der Waals surface area (Å²) in [6.07, 6.45) is 3.36. The summed E-state index contributed by atoms with van der Waals surface area (Å²) in [5, 5.41) is 4.37. The molecule has 63 heavy (non-hydrogen) atoms. The normalized spacial score (nSPS) is 16.3. The molecule has 0 unspecified atom stereocenters. The number of morpholine rings is 1. The van der Waals surface area contributed by atoms with Gasteiger partial charge in [-0.2, -0.15) is 5.10 Å². The maximum atomic E-state index is 15.1. The van der Waals surface area contributed by atoms with Gasteiger partial charge in [0.05, 0.1) is 37.1 Å². The maximum Gasteiger partial charge on any atom is 0.265 e. The van der Waals surface area contributed by atoms with E-state index in [1.807, 2.05) is 114 Å². The second-order valence-corrected chi connectivity index (χ2v) is 17.0. The molecule has 1 fully saturated rings. The number of carbonyl (C=O) groups is 3. The van der Waals surface area contributed by atoms with E-state index in [0.29, 0.717) is 49.6 Å². The molecule has 5 heterocycles. The van der Waals surface area contributed by atoms with E-state index in [1.54, 1.807) is 15.8 Å². The molecule has 1 atom stereocenters. The van der Waals surface area contributed by atoms with E-state index in [2.05, 4.69) is 41.2 Å². The summed E-state index contributed by atoms with van der Waals surface area (Å²) < 4.78 is 15.2. The molecule has 3 aliphatic heterocycles. The number of nitrogens with zero attached hydrogens (tertiary/aromatic N) is 7. The van der Waals surface area contributed by atoms with E-state index in [9.17, 15) is 9.59 Å². The summed E-state index contributed by atoms with van der Waals surface area (Å²) in [7, 11) is 3.78. The highest BCUT2D eigenvalue weighted by Crippen LogP contribution is 2.37. The number of aromatic nitrogens is 3. The molecule has 0 radical (unpaired) electrons. The number of hydrogen-bond acceptors (Lipinski definition) is 7. The molecule has 1 saturated heterocycles. The van der Waals surface area contributed by atoms with Crippen LogP contribution in [0, 0.1) is 6.92 Å². The topological polar surface area (TPSA) is 105 Å². The molecule has 0 aliphatic carbocycles. The Balaban J connectivity index is 1.01. The summed E-state index contributed by atoms with van der Waals surface area (Å²) in [6, 6.07) is 33.6. The van der Waals surface area contributed by atoms with Gasteiger partial charge in [0.15, 0.2) is 0 Å². The van der Waals surface area contributed by atoms with Gasteiger partial charge in [0.25, 0.3) is 11.8 Å². The lowest BCUT2D eigenvalue weighted by Gasteiger charge is -2.36. The first kappa shape index (κ1) is 41.8. The van der Waals surface area contributed by atoms with E-state index >= 15 is 4.79 Å². The number of para-hydroxylation sites is 1. The number of aryl methyl sites for hydroxylation is 1. The lowest BCUT2D eigenvalue weighted by Crippen LogP contribution is -2.43. The summed E-state index contributed by atoms with van der Waals surface area (Å²) in [5.41, 5.74) is 9.52. The molecular formula is C51H55N7O5. The number of carbonyl (C=O) groups excluding carboxylic acids is 3. The molecular weight excluding hydrogens is 791 g/mol. The fourth-order valence-electron chi connectivity index (χ4n) is 9.24. The Labute approximate surface area is 369 Å². The first-order chi connectivity index (χ1) is 30.6. The average molecular weight is 846 g/mol. The molecule has 9 rings (SSSR count). The first-order valence-corrected chi connectivity index (χ1v) is 22.0. The second kappa shape index (κ2) is 18.1. The zero-order valence-electron chi connectivity index (χ0n) is 36.6. The molecule has 3 aliphatic rings. The average Bonchev–Trinajstić information content (AvgIpc) is 3.86. The van der Waals surface area contributed by atoms with Crippen molar-refractivity contribution in [3.05, 3.63) is 154 Å². The lowest BCUT2D eigenvalue weighted by atomic mass is 9.89. The van der Waals surface area contributed by atoms with Gasteiger partial charge in [-0.05, 0) is 97.0 Å². The van der Waals surface area contributed by atoms with Crippen LogP contribution in [0.2, 0.25) is 0 Å². The van der Waals surface area contributed by atoms with Crippen molar-refractivity contribution < 1.29 is 23.9 Å². The van der Waals surface area contributed by atoms with Crippen molar-refractivity contribution in [2.24, 2.45) is 14.1 Å². The Morgan fingerprint density at radius 3 is 2.30 bits per heavy atom. The van der Waals surface area contributed by atoms with Crippen molar-refractivity contribution in [2.75, 3.05) is 50.9 Å². The number of hydrogen-bond donors (Lipinski definition) is 0. The summed E-state index contributed by atoms with van der Waals surface area (Å²) in [4.78, 5) is 51.6. The zero-order valence-corrected chi connectivity index (χ0v) is 36.6. The van der Waals surface area contributed by atoms with E-state index in [0.717, 1.165) is 89.9 Å². The Kier molecular flexibility index (Phi) is 12.0. The molecule has 0 saturated carbocycles. The molecule has 12 heteroatoms. The number of anilines is 2. The maximum absolute atomic E-state index is 15.1. The lowest BCUT2D eigenvalue weighted by molar-refractivity contribution is -0.131. The number of fused-ring (bicyclic) bond motifs is 2. The molecule has 0 bridgehead atoms. The van der Waals surface area contributed by atoms with Crippen LogP contribution in [0.4, 0.5) is 11.5 Å². The standard InChI is InChI=1S/C51H55N7O5/c1-35-28-38-10-8-9-11-40(38)34-57(35)50(60)46-31-41-33-56(49(59)29-37-14-16-43(17-15-37)63-27-24-55-22-25-62-26-23-55)21-19-39(41)30-45(46)47-32-44(36(2)53(47)3)51(61)58(42-12-6-5-7-13-42)48-18-20-52-54(48)4/h5-18,20,30-32,35H,19,21-29,33-34H2,1-4H3/t35-/m1/s1. The molecule has 3 amide bonds. The van der Waals surface area contributed by atoms with Gasteiger partial charge >= 0.3 is 0 Å². The smallest absolute Gasteiger partial charge is 0.265 e. The highest BCUT2D eigenvalue weighted by Gasteiger charge is 2.33. The SMILES string of the molecule is Cc1c(C(=O)N(c2ccccc2)c2ccnn2C)cc(-c2cc3c(cc2C(=O)N2Cc4ccccc4C[C@H]2C)CN(C(=O)Cc2ccc(OCCN4CCOCC4)cc2)CC3)n1C. The Morgan fingerprint density at radius 1 is 0.810 bits per heavy atom. The third kappa shape index (κ3) is 8.65. The predicted molar refractivity (Wildman–Crippen MR) is 243 cm³/mol. The summed E-state index contributed by atoms with van der Waals surface area (Å²) in [5.74, 6) is 1.20. The molecule has 324 valence electrons. The van der Waals surface area contributed by atoms with Gasteiger partial charge < -0.3 is 23.8 Å². The number of rotatable bonds is 11. The van der Waals surface area contributed by atoms with Crippen molar-refractivity contribution in [1.82, 2.24) is 29.0 Å². The van der Waals surface area contributed by atoms with Crippen LogP contribution in [0.25, 0.3) is 11.3 Å². The van der Waals surface area contributed by atoms with Crippen LogP contribution in [0.3, 0.4) is 0 Å². The van der Waals surface area contributed by atoms with Crippen molar-refractivity contribution in [1.29, 1.82) is 0 Å². The molecule has 6 aromatic rings. The van der Waals surface area contributed by atoms with Crippen molar-refractivity contribution in [2.45, 2.75) is 52.2 Å². The van der Waals surface area contributed by atoms with Crippen LogP contribution in [-0.4, -0.2) is 98.8 Å². The zero-order chi connectivity index (χ0) is 43.6. The Bertz CT molecular complexity index is 2630. The fraction of sp³-hybridized carbons (Fsp3) is 0.333. The highest BCUT2D eigenvalue weighted by atomic mass is 16.5. The van der Waals surface area contributed by atoms with Gasteiger partial charge in [0.2, 0.25) is 5.91 Å². The molecule has 0 spiro atoms. The van der Waals surface area contributed by atoms with Crippen molar-refractivity contribution in [3.63, 3.8) is 0 Å². The number of benzene rings is 4. The van der Waals surface area contributed by atoms with Crippen molar-refractivity contribution in [3.8, 4) is 17.0 Å². The first-order valence-electron chi connectivity index (χ1n) is 22.0. The predicted octanol–water partition coefficient (Wildman–Crippen LogP) is 7.14. The van der Waals surface area contributed by atoms with Gasteiger partial charge in [-0.25, -0.2) is 0 Å². The number of ether oxygens (including phenoxy) is 2. The van der Waals surface area contributed by atoms with Crippen LogP contribution in [-0.2, 0) is 56.0 Å². The van der Waals surface area contributed by atoms with E-state index < -0.39 is 0 Å². The van der Waals surface area contributed by atoms with Gasteiger partial charge in [-0.3, -0.25) is 28.9 Å². The molecule has 2 aromatic heterocycles. The molecule has 4 aromatic carbocycles. The minimum Gasteiger partial charge on any atom is -0.492 e. The van der Waals surface area contributed by atoms with Crippen LogP contribution < -0.4 is 9.64 Å². The van der Waals surface area contributed by atoms with Crippen LogP contribution >= 0.6 is 0 Å². The van der Waals surface area contributed by atoms with Gasteiger partial charge in [0, 0.05) is 88.0 Å². The Morgan fingerprint density at radius 2 is 1.56 bits per heavy atom. The minimum atomic E-state index is -0.198. The third-order valence-electron chi connectivity index (χ3n) is 13.0. The van der Waals surface area contributed by atoms with Gasteiger partial charge in [-0.15, -0.1) is 0 Å². The number of amides is 3. The van der Waals surface area contributed by atoms with Crippen LogP contribution in [0.15, 0.2) is 109 Å². The van der Waals surface area contributed by atoms with Crippen LogP contribution in [0.1, 0.15) is 61.2 Å². The third-order valence-corrected chi connectivity index (χ3v) is 13.0. The van der Waals surface area contributed by atoms with E-state index in [4.69, 9.17) is 9.47 Å². The van der Waals surface area contributed by atoms with E-state index in [-0.39, 0.29) is 30.2 Å². The quantitative estimate of drug-likeness (QED) is 0.137. The fourth-order valence-corrected chi connectivity index (χ4v) is 9.24. The largest absolute Gasteiger partial charge is 0.492 e. The molecule has 12 nitrogen and oxygen atoms in total. The summed E-state index contributed by atoms with van der Waals surface area (Å²) in [6.45, 7) is 10.4. The second-order valence-electron chi connectivity index (χ2n) is 17.0. The monoisotopic (exact) mass is 845 g/mol. The van der Waals surface area contributed by atoms with E-state index in [1.165, 1.54) is 5.56 Å². The van der Waals surface area contributed by atoms with Gasteiger partial charge in [0.1, 0.15) is 18.2 Å². The minimum absolute atomic E-state index is 0.0264. The molecule has 0 N–H and O–H groups in total. The Hall–Kier alpha value is -6.50. The van der Waals surface area contributed by atoms with Crippen molar-refractivity contribution >= 4 is 29.2 Å².